The van der Waals surface area contributed by atoms with Crippen molar-refractivity contribution in [3.63, 3.8) is 0 Å². The third kappa shape index (κ3) is 4.64. The molecule has 3 aromatic rings. The van der Waals surface area contributed by atoms with Crippen LogP contribution in [0.2, 0.25) is 0 Å². The van der Waals surface area contributed by atoms with Gasteiger partial charge in [0.25, 0.3) is 0 Å². The first-order chi connectivity index (χ1) is 8.90. The summed E-state index contributed by atoms with van der Waals surface area (Å²) >= 11 is 0. The Morgan fingerprint density at radius 3 is 1.74 bits per heavy atom. The summed E-state index contributed by atoms with van der Waals surface area (Å²) in [4.78, 5) is 0. The number of benzene rings is 1. The molecular weight excluding hydrogens is 272 g/mol. The quantitative estimate of drug-likeness (QED) is 0.352. The number of terminal acetylenes is 1. The first-order valence-corrected chi connectivity index (χ1v) is 5.85. The zero-order chi connectivity index (χ0) is 12.6. The third-order valence-corrected chi connectivity index (χ3v) is 2.60. The predicted octanol–water partition coefficient (Wildman–Crippen LogP) is 4.46. The number of rotatable bonds is 1. The summed E-state index contributed by atoms with van der Waals surface area (Å²) in [6, 6.07) is 26.3. The van der Waals surface area contributed by atoms with Crippen molar-refractivity contribution in [2.24, 2.45) is 0 Å². The second-order valence-electron chi connectivity index (χ2n) is 3.86. The van der Waals surface area contributed by atoms with Gasteiger partial charge in [0.05, 0.1) is 0 Å². The van der Waals surface area contributed by atoms with Crippen molar-refractivity contribution < 1.29 is 17.1 Å². The molecule has 0 saturated heterocycles. The van der Waals surface area contributed by atoms with E-state index in [1.807, 2.05) is 66.7 Å². The van der Waals surface area contributed by atoms with Crippen LogP contribution in [0.4, 0.5) is 0 Å². The molecule has 0 heterocycles. The molecule has 3 rings (SSSR count). The van der Waals surface area contributed by atoms with Crippen molar-refractivity contribution in [2.45, 2.75) is 0 Å². The molecular formula is C18H14Fe-6. The van der Waals surface area contributed by atoms with E-state index in [0.29, 0.717) is 0 Å². The molecule has 0 aliphatic carbocycles. The maximum absolute atomic E-state index is 5.27. The van der Waals surface area contributed by atoms with Crippen molar-refractivity contribution in [1.29, 1.82) is 0 Å². The Bertz CT molecular complexity index is 561. The van der Waals surface area contributed by atoms with E-state index in [2.05, 4.69) is 18.1 Å². The maximum Gasteiger partial charge on any atom is 0.00946 e. The Hall–Kier alpha value is -2.00. The second kappa shape index (κ2) is 8.16. The van der Waals surface area contributed by atoms with Gasteiger partial charge < -0.3 is 30.3 Å². The van der Waals surface area contributed by atoms with Gasteiger partial charge in [0.2, 0.25) is 0 Å². The van der Waals surface area contributed by atoms with Crippen LogP contribution in [-0.4, -0.2) is 0 Å². The van der Waals surface area contributed by atoms with E-state index in [9.17, 15) is 0 Å². The molecule has 100 valence electrons. The summed E-state index contributed by atoms with van der Waals surface area (Å²) in [5, 5.41) is 0. The van der Waals surface area contributed by atoms with Crippen molar-refractivity contribution in [3.05, 3.63) is 84.4 Å². The summed E-state index contributed by atoms with van der Waals surface area (Å²) < 4.78 is 0. The van der Waals surface area contributed by atoms with Crippen LogP contribution in [0.3, 0.4) is 0 Å². The van der Waals surface area contributed by atoms with Crippen molar-refractivity contribution in [1.82, 2.24) is 0 Å². The van der Waals surface area contributed by atoms with Gasteiger partial charge in [-0.2, -0.15) is 12.1 Å². The topological polar surface area (TPSA) is 0 Å². The van der Waals surface area contributed by atoms with E-state index in [1.54, 1.807) is 0 Å². The normalized spacial score (nSPS) is 8.58. The summed E-state index contributed by atoms with van der Waals surface area (Å²) in [7, 11) is 0. The average molecular weight is 286 g/mol. The third-order valence-electron chi connectivity index (χ3n) is 2.60. The van der Waals surface area contributed by atoms with Gasteiger partial charge in [-0.1, -0.05) is 23.6 Å². The Morgan fingerprint density at radius 1 is 0.842 bits per heavy atom. The molecule has 19 heavy (non-hydrogen) atoms. The molecule has 3 aromatic carbocycles. The minimum atomic E-state index is 0. The fourth-order valence-corrected chi connectivity index (χ4v) is 1.65. The van der Waals surface area contributed by atoms with E-state index in [0.717, 1.165) is 5.56 Å². The largest absolute Gasteiger partial charge is 0.748 e. The fourth-order valence-electron chi connectivity index (χ4n) is 1.65. The summed E-state index contributed by atoms with van der Waals surface area (Å²) in [5.74, 6) is 2.60. The van der Waals surface area contributed by atoms with E-state index in [4.69, 9.17) is 6.42 Å². The molecule has 0 aliphatic rings. The summed E-state index contributed by atoms with van der Waals surface area (Å²) in [6.45, 7) is 0. The van der Waals surface area contributed by atoms with E-state index >= 15 is 0 Å². The van der Waals surface area contributed by atoms with Crippen LogP contribution < -0.4 is 0 Å². The molecule has 0 radical (unpaired) electrons. The monoisotopic (exact) mass is 286 g/mol. The van der Waals surface area contributed by atoms with Gasteiger partial charge in [0, 0.05) is 22.6 Å². The number of hydrogen-bond donors (Lipinski definition) is 0. The van der Waals surface area contributed by atoms with Crippen LogP contribution >= 0.6 is 0 Å². The van der Waals surface area contributed by atoms with Gasteiger partial charge in [-0.15, -0.1) is 36.3 Å². The molecule has 0 amide bonds. The van der Waals surface area contributed by atoms with E-state index in [1.165, 1.54) is 11.1 Å². The molecule has 0 nitrogen and oxygen atoms in total. The molecule has 0 aromatic heterocycles. The maximum atomic E-state index is 5.27. The van der Waals surface area contributed by atoms with Crippen molar-refractivity contribution >= 4 is 0 Å². The van der Waals surface area contributed by atoms with Gasteiger partial charge >= 0.3 is 0 Å². The minimum Gasteiger partial charge on any atom is -0.748 e. The summed E-state index contributed by atoms with van der Waals surface area (Å²) in [6.07, 6.45) is 5.27. The Kier molecular flexibility index (Phi) is 6.47. The molecule has 1 heteroatoms. The molecule has 0 saturated carbocycles. The first kappa shape index (κ1) is 15.1. The van der Waals surface area contributed by atoms with Crippen molar-refractivity contribution in [2.75, 3.05) is 0 Å². The molecule has 0 unspecified atom stereocenters. The standard InChI is InChI=1S/C13H9.C5H5.Fe/c1-2-11-7-9-13(10-8-11)12-5-3-4-6-12;1-2-4-5-3-1;/h1,3-10H;1-5H;/q-1;-5;. The van der Waals surface area contributed by atoms with Gasteiger partial charge in [-0.3, -0.25) is 0 Å². The molecule has 0 bridgehead atoms. The molecule has 0 spiro atoms. The van der Waals surface area contributed by atoms with Gasteiger partial charge in [-0.25, -0.2) is 0 Å². The summed E-state index contributed by atoms with van der Waals surface area (Å²) in [5.41, 5.74) is 3.38. The van der Waals surface area contributed by atoms with Gasteiger partial charge in [0.1, 0.15) is 0 Å². The van der Waals surface area contributed by atoms with E-state index in [-0.39, 0.29) is 17.1 Å². The van der Waals surface area contributed by atoms with Crippen LogP contribution in [0.1, 0.15) is 5.56 Å². The average Bonchev–Trinajstić information content (AvgIpc) is 3.14. The van der Waals surface area contributed by atoms with Crippen LogP contribution in [0.25, 0.3) is 11.1 Å². The second-order valence-corrected chi connectivity index (χ2v) is 3.86. The van der Waals surface area contributed by atoms with Crippen LogP contribution in [0.15, 0.2) is 78.9 Å². The van der Waals surface area contributed by atoms with Crippen LogP contribution in [0, 0.1) is 12.3 Å². The van der Waals surface area contributed by atoms with Crippen LogP contribution in [0.5, 0.6) is 0 Å². The smallest absolute Gasteiger partial charge is 0.00946 e. The first-order valence-electron chi connectivity index (χ1n) is 5.85. The zero-order valence-electron chi connectivity index (χ0n) is 10.4. The number of hydrogen-bond acceptors (Lipinski definition) is 0. The van der Waals surface area contributed by atoms with E-state index < -0.39 is 0 Å². The Balaban J connectivity index is 0.000000256. The predicted molar refractivity (Wildman–Crippen MR) is 77.4 cm³/mol. The zero-order valence-corrected chi connectivity index (χ0v) is 11.5. The van der Waals surface area contributed by atoms with Gasteiger partial charge in [-0.05, 0) is 0 Å². The molecule has 0 N–H and O–H groups in total. The fraction of sp³-hybridized carbons (Fsp3) is 0. The molecule has 0 atom stereocenters. The Morgan fingerprint density at radius 2 is 1.32 bits per heavy atom. The molecule has 0 aliphatic heterocycles. The Labute approximate surface area is 125 Å². The van der Waals surface area contributed by atoms with Gasteiger partial charge in [0.15, 0.2) is 0 Å². The minimum absolute atomic E-state index is 0. The molecule has 0 fully saturated rings. The van der Waals surface area contributed by atoms with Crippen molar-refractivity contribution in [3.8, 4) is 23.5 Å². The van der Waals surface area contributed by atoms with Crippen LogP contribution in [-0.2, 0) is 17.1 Å². The SMILES string of the molecule is C#Cc1ccc(-[c-]2cccc2)cc1.[Fe].[cH-]1[cH-][cH-][cH-][cH-]1.